The van der Waals surface area contributed by atoms with Gasteiger partial charge in [0.05, 0.1) is 18.3 Å². The maximum Gasteiger partial charge on any atom is 0.0825 e. The molecule has 1 saturated carbocycles. The third kappa shape index (κ3) is 2.96. The summed E-state index contributed by atoms with van der Waals surface area (Å²) in [4.78, 5) is 2.56. The Hall–Kier alpha value is -0.120. The molecule has 2 unspecified atom stereocenters. The summed E-state index contributed by atoms with van der Waals surface area (Å²) in [6, 6.07) is 0.740. The highest BCUT2D eigenvalue weighted by molar-refractivity contribution is 4.89. The van der Waals surface area contributed by atoms with Crippen LogP contribution in [0.3, 0.4) is 0 Å². The summed E-state index contributed by atoms with van der Waals surface area (Å²) in [6.07, 6.45) is 6.45. The average Bonchev–Trinajstić information content (AvgIpc) is 2.15. The molecule has 2 atom stereocenters. The summed E-state index contributed by atoms with van der Waals surface area (Å²) in [5, 5.41) is 0. The molecular weight excluding hydrogens is 202 g/mol. The maximum atomic E-state index is 5.94. The summed E-state index contributed by atoms with van der Waals surface area (Å²) in [7, 11) is 1.81. The molecule has 1 aliphatic carbocycles. The standard InChI is InChI=1S/C13H25NO2/c1-10(2)16-12-6-4-5-11(7-12)14-8-13(9-14)15-3/h10-13H,4-9H2,1-3H3. The minimum absolute atomic E-state index is 0.367. The van der Waals surface area contributed by atoms with Crippen LogP contribution in [-0.2, 0) is 9.47 Å². The van der Waals surface area contributed by atoms with E-state index in [1.807, 2.05) is 7.11 Å². The van der Waals surface area contributed by atoms with Crippen molar-refractivity contribution in [3.05, 3.63) is 0 Å². The van der Waals surface area contributed by atoms with Gasteiger partial charge in [0.2, 0.25) is 0 Å². The number of hydrogen-bond acceptors (Lipinski definition) is 3. The Bertz CT molecular complexity index is 214. The van der Waals surface area contributed by atoms with Crippen LogP contribution < -0.4 is 0 Å². The fourth-order valence-corrected chi connectivity index (χ4v) is 2.88. The third-order valence-corrected chi connectivity index (χ3v) is 3.79. The second-order valence-corrected chi connectivity index (χ2v) is 5.44. The molecule has 0 spiro atoms. The van der Waals surface area contributed by atoms with Crippen molar-refractivity contribution in [3.8, 4) is 0 Å². The van der Waals surface area contributed by atoms with Crippen LogP contribution >= 0.6 is 0 Å². The van der Waals surface area contributed by atoms with Crippen molar-refractivity contribution < 1.29 is 9.47 Å². The molecule has 0 amide bonds. The number of nitrogens with zero attached hydrogens (tertiary/aromatic N) is 1. The molecule has 0 bridgehead atoms. The lowest BCUT2D eigenvalue weighted by molar-refractivity contribution is -0.0839. The van der Waals surface area contributed by atoms with Crippen LogP contribution in [0.2, 0.25) is 0 Å². The molecule has 2 fully saturated rings. The van der Waals surface area contributed by atoms with Gasteiger partial charge in [-0.15, -0.1) is 0 Å². The molecule has 0 aromatic heterocycles. The number of hydrogen-bond donors (Lipinski definition) is 0. The third-order valence-electron chi connectivity index (χ3n) is 3.79. The van der Waals surface area contributed by atoms with Gasteiger partial charge in [-0.2, -0.15) is 0 Å². The highest BCUT2D eigenvalue weighted by Crippen LogP contribution is 2.29. The predicted molar refractivity (Wildman–Crippen MR) is 64.6 cm³/mol. The Kier molecular flexibility index (Phi) is 4.22. The van der Waals surface area contributed by atoms with E-state index >= 15 is 0 Å². The lowest BCUT2D eigenvalue weighted by atomic mass is 9.89. The average molecular weight is 227 g/mol. The Balaban J connectivity index is 1.74. The zero-order valence-corrected chi connectivity index (χ0v) is 10.8. The van der Waals surface area contributed by atoms with Crippen molar-refractivity contribution in [3.63, 3.8) is 0 Å². The van der Waals surface area contributed by atoms with E-state index in [-0.39, 0.29) is 0 Å². The van der Waals surface area contributed by atoms with E-state index < -0.39 is 0 Å². The maximum absolute atomic E-state index is 5.94. The largest absolute Gasteiger partial charge is 0.379 e. The topological polar surface area (TPSA) is 21.7 Å². The number of likely N-dealkylation sites (tertiary alicyclic amines) is 1. The number of ether oxygens (including phenoxy) is 2. The molecule has 0 radical (unpaired) electrons. The van der Waals surface area contributed by atoms with Crippen LogP contribution in [0.4, 0.5) is 0 Å². The molecule has 0 aromatic carbocycles. The van der Waals surface area contributed by atoms with Crippen LogP contribution in [0.1, 0.15) is 39.5 Å². The van der Waals surface area contributed by atoms with E-state index in [1.54, 1.807) is 0 Å². The smallest absolute Gasteiger partial charge is 0.0825 e. The van der Waals surface area contributed by atoms with Gasteiger partial charge >= 0.3 is 0 Å². The monoisotopic (exact) mass is 227 g/mol. The molecule has 3 heteroatoms. The van der Waals surface area contributed by atoms with E-state index in [0.29, 0.717) is 18.3 Å². The van der Waals surface area contributed by atoms with Crippen molar-refractivity contribution in [1.82, 2.24) is 4.90 Å². The van der Waals surface area contributed by atoms with Crippen LogP contribution in [0.25, 0.3) is 0 Å². The molecule has 1 aliphatic heterocycles. The Labute approximate surface area is 99.1 Å². The van der Waals surface area contributed by atoms with Gasteiger partial charge in [-0.05, 0) is 39.5 Å². The van der Waals surface area contributed by atoms with E-state index in [9.17, 15) is 0 Å². The molecule has 94 valence electrons. The van der Waals surface area contributed by atoms with E-state index in [2.05, 4.69) is 18.7 Å². The van der Waals surface area contributed by atoms with Crippen molar-refractivity contribution in [2.45, 2.75) is 63.9 Å². The first-order valence-corrected chi connectivity index (χ1v) is 6.61. The molecule has 2 aliphatic rings. The van der Waals surface area contributed by atoms with Crippen LogP contribution in [0.5, 0.6) is 0 Å². The molecule has 0 aromatic rings. The van der Waals surface area contributed by atoms with Crippen molar-refractivity contribution >= 4 is 0 Å². The van der Waals surface area contributed by atoms with Crippen molar-refractivity contribution in [2.24, 2.45) is 0 Å². The van der Waals surface area contributed by atoms with Gasteiger partial charge in [-0.1, -0.05) is 0 Å². The summed E-state index contributed by atoms with van der Waals surface area (Å²) in [5.41, 5.74) is 0. The summed E-state index contributed by atoms with van der Waals surface area (Å²) in [6.45, 7) is 6.51. The highest BCUT2D eigenvalue weighted by atomic mass is 16.5. The molecule has 16 heavy (non-hydrogen) atoms. The normalized spacial score (nSPS) is 33.0. The zero-order chi connectivity index (χ0) is 11.5. The zero-order valence-electron chi connectivity index (χ0n) is 10.8. The first-order chi connectivity index (χ1) is 7.69. The van der Waals surface area contributed by atoms with Gasteiger partial charge in [0.1, 0.15) is 0 Å². The fourth-order valence-electron chi connectivity index (χ4n) is 2.88. The first kappa shape index (κ1) is 12.3. The molecule has 3 nitrogen and oxygen atoms in total. The van der Waals surface area contributed by atoms with Gasteiger partial charge in [-0.3, -0.25) is 4.90 Å². The van der Waals surface area contributed by atoms with Gasteiger partial charge in [-0.25, -0.2) is 0 Å². The Morgan fingerprint density at radius 3 is 2.50 bits per heavy atom. The van der Waals surface area contributed by atoms with Crippen LogP contribution in [0.15, 0.2) is 0 Å². The van der Waals surface area contributed by atoms with Crippen LogP contribution in [0, 0.1) is 0 Å². The molecule has 2 rings (SSSR count). The first-order valence-electron chi connectivity index (χ1n) is 6.61. The SMILES string of the molecule is COC1CN(C2CCCC(OC(C)C)C2)C1. The Morgan fingerprint density at radius 2 is 1.88 bits per heavy atom. The fraction of sp³-hybridized carbons (Fsp3) is 1.00. The lowest BCUT2D eigenvalue weighted by Crippen LogP contribution is -2.57. The van der Waals surface area contributed by atoms with E-state index in [1.165, 1.54) is 25.7 Å². The quantitative estimate of drug-likeness (QED) is 0.734. The minimum atomic E-state index is 0.367. The number of rotatable bonds is 4. The Morgan fingerprint density at radius 1 is 1.12 bits per heavy atom. The summed E-state index contributed by atoms with van der Waals surface area (Å²) < 4.78 is 11.3. The van der Waals surface area contributed by atoms with E-state index in [4.69, 9.17) is 9.47 Å². The predicted octanol–water partition coefficient (Wildman–Crippen LogP) is 2.05. The highest BCUT2D eigenvalue weighted by Gasteiger charge is 2.35. The van der Waals surface area contributed by atoms with E-state index in [0.717, 1.165) is 19.1 Å². The molecule has 1 saturated heterocycles. The van der Waals surface area contributed by atoms with Gasteiger partial charge in [0.15, 0.2) is 0 Å². The second-order valence-electron chi connectivity index (χ2n) is 5.44. The second kappa shape index (κ2) is 5.48. The summed E-state index contributed by atoms with van der Waals surface area (Å²) in [5.74, 6) is 0. The van der Waals surface area contributed by atoms with Gasteiger partial charge in [0.25, 0.3) is 0 Å². The van der Waals surface area contributed by atoms with Gasteiger partial charge < -0.3 is 9.47 Å². The number of methoxy groups -OCH3 is 1. The summed E-state index contributed by atoms with van der Waals surface area (Å²) >= 11 is 0. The van der Waals surface area contributed by atoms with Crippen LogP contribution in [-0.4, -0.2) is 49.5 Å². The molecule has 0 N–H and O–H groups in total. The lowest BCUT2D eigenvalue weighted by Gasteiger charge is -2.46. The minimum Gasteiger partial charge on any atom is -0.379 e. The van der Waals surface area contributed by atoms with Crippen molar-refractivity contribution in [1.29, 1.82) is 0 Å². The molecular formula is C13H25NO2. The molecule has 1 heterocycles. The van der Waals surface area contributed by atoms with Crippen molar-refractivity contribution in [2.75, 3.05) is 20.2 Å². The van der Waals surface area contributed by atoms with Gasteiger partial charge in [0, 0.05) is 26.2 Å².